The van der Waals surface area contributed by atoms with Gasteiger partial charge in [0.25, 0.3) is 0 Å². The number of hydrogen-bond acceptors (Lipinski definition) is 4. The van der Waals surface area contributed by atoms with E-state index < -0.39 is 10.0 Å². The number of piperidine rings is 1. The van der Waals surface area contributed by atoms with Gasteiger partial charge in [-0.3, -0.25) is 0 Å². The summed E-state index contributed by atoms with van der Waals surface area (Å²) in [7, 11) is -1.47. The van der Waals surface area contributed by atoms with Crippen molar-refractivity contribution in [2.24, 2.45) is 5.92 Å². The lowest BCUT2D eigenvalue weighted by Crippen LogP contribution is -2.40. The second-order valence-corrected chi connectivity index (χ2v) is 6.78. The molecule has 0 aromatic heterocycles. The molecule has 0 aromatic carbocycles. The zero-order chi connectivity index (χ0) is 12.9. The third kappa shape index (κ3) is 5.33. The first-order valence-electron chi connectivity index (χ1n) is 6.05. The minimum absolute atomic E-state index is 0.269. The molecule has 2 unspecified atom stereocenters. The Morgan fingerprint density at radius 2 is 2.24 bits per heavy atom. The Labute approximate surface area is 104 Å². The highest BCUT2D eigenvalue weighted by molar-refractivity contribution is 7.88. The van der Waals surface area contributed by atoms with Gasteiger partial charge in [0.1, 0.15) is 0 Å². The van der Waals surface area contributed by atoms with E-state index in [1.807, 2.05) is 0 Å². The SMILES string of the molecule is COCCC(O)CC1CCCN(S(C)(=O)=O)C1. The molecule has 2 atom stereocenters. The van der Waals surface area contributed by atoms with Gasteiger partial charge in [-0.2, -0.15) is 0 Å². The zero-order valence-corrected chi connectivity index (χ0v) is 11.4. The molecule has 17 heavy (non-hydrogen) atoms. The third-order valence-corrected chi connectivity index (χ3v) is 4.48. The van der Waals surface area contributed by atoms with Crippen molar-refractivity contribution < 1.29 is 18.3 Å². The van der Waals surface area contributed by atoms with Crippen LogP contribution in [0.4, 0.5) is 0 Å². The van der Waals surface area contributed by atoms with Crippen LogP contribution in [-0.4, -0.2) is 57.0 Å². The van der Waals surface area contributed by atoms with Gasteiger partial charge in [-0.1, -0.05) is 0 Å². The number of sulfonamides is 1. The Bertz CT molecular complexity index is 317. The molecule has 1 rings (SSSR count). The molecule has 0 radical (unpaired) electrons. The van der Waals surface area contributed by atoms with Crippen molar-refractivity contribution in [3.05, 3.63) is 0 Å². The number of nitrogens with zero attached hydrogens (tertiary/aromatic N) is 1. The zero-order valence-electron chi connectivity index (χ0n) is 10.6. The number of aliphatic hydroxyl groups excluding tert-OH is 1. The topological polar surface area (TPSA) is 66.8 Å². The minimum Gasteiger partial charge on any atom is -0.393 e. The van der Waals surface area contributed by atoms with Crippen LogP contribution in [0.2, 0.25) is 0 Å². The van der Waals surface area contributed by atoms with Gasteiger partial charge in [-0.15, -0.1) is 0 Å². The third-order valence-electron chi connectivity index (χ3n) is 3.21. The summed E-state index contributed by atoms with van der Waals surface area (Å²) in [5, 5.41) is 9.77. The van der Waals surface area contributed by atoms with Crippen LogP contribution in [0.3, 0.4) is 0 Å². The summed E-state index contributed by atoms with van der Waals surface area (Å²) in [6.07, 6.45) is 4.02. The molecule has 0 bridgehead atoms. The number of aliphatic hydroxyl groups is 1. The number of rotatable bonds is 6. The Hall–Kier alpha value is -0.170. The van der Waals surface area contributed by atoms with Crippen molar-refractivity contribution in [3.63, 3.8) is 0 Å². The van der Waals surface area contributed by atoms with Gasteiger partial charge in [-0.05, 0) is 31.6 Å². The minimum atomic E-state index is -3.08. The van der Waals surface area contributed by atoms with Crippen LogP contribution in [0, 0.1) is 5.92 Å². The summed E-state index contributed by atoms with van der Waals surface area (Å²) in [6.45, 7) is 1.70. The van der Waals surface area contributed by atoms with E-state index in [0.717, 1.165) is 12.8 Å². The Morgan fingerprint density at radius 3 is 2.82 bits per heavy atom. The van der Waals surface area contributed by atoms with E-state index in [1.165, 1.54) is 10.6 Å². The maximum Gasteiger partial charge on any atom is 0.211 e. The van der Waals surface area contributed by atoms with Crippen LogP contribution in [0.25, 0.3) is 0 Å². The van der Waals surface area contributed by atoms with Gasteiger partial charge in [0.15, 0.2) is 0 Å². The van der Waals surface area contributed by atoms with E-state index in [-0.39, 0.29) is 12.0 Å². The standard InChI is InChI=1S/C11H23NO4S/c1-16-7-5-11(13)8-10-4-3-6-12(9-10)17(2,14)15/h10-11,13H,3-9H2,1-2H3. The highest BCUT2D eigenvalue weighted by atomic mass is 32.2. The second-order valence-electron chi connectivity index (χ2n) is 4.80. The van der Waals surface area contributed by atoms with Crippen molar-refractivity contribution in [1.82, 2.24) is 4.31 Å². The van der Waals surface area contributed by atoms with Gasteiger partial charge in [-0.25, -0.2) is 12.7 Å². The summed E-state index contributed by atoms with van der Waals surface area (Å²) in [5.74, 6) is 0.269. The molecule has 1 heterocycles. The van der Waals surface area contributed by atoms with Crippen LogP contribution in [0.1, 0.15) is 25.7 Å². The highest BCUT2D eigenvalue weighted by Gasteiger charge is 2.27. The Kier molecular flexibility index (Phi) is 5.85. The summed E-state index contributed by atoms with van der Waals surface area (Å²) in [5.41, 5.74) is 0. The lowest BCUT2D eigenvalue weighted by Gasteiger charge is -2.31. The average molecular weight is 265 g/mol. The molecule has 102 valence electrons. The molecule has 0 aliphatic carbocycles. The molecule has 1 aliphatic heterocycles. The molecule has 0 amide bonds. The smallest absolute Gasteiger partial charge is 0.211 e. The maximum absolute atomic E-state index is 11.4. The van der Waals surface area contributed by atoms with Crippen LogP contribution in [-0.2, 0) is 14.8 Å². The van der Waals surface area contributed by atoms with E-state index >= 15 is 0 Å². The van der Waals surface area contributed by atoms with Crippen LogP contribution in [0.5, 0.6) is 0 Å². The number of hydrogen-bond donors (Lipinski definition) is 1. The van der Waals surface area contributed by atoms with E-state index in [1.54, 1.807) is 7.11 Å². The number of methoxy groups -OCH3 is 1. The molecule has 0 spiro atoms. The van der Waals surface area contributed by atoms with Crippen molar-refractivity contribution in [3.8, 4) is 0 Å². The second kappa shape index (κ2) is 6.68. The summed E-state index contributed by atoms with van der Waals surface area (Å²) in [4.78, 5) is 0. The fourth-order valence-electron chi connectivity index (χ4n) is 2.28. The molecular formula is C11H23NO4S. The summed E-state index contributed by atoms with van der Waals surface area (Å²) in [6, 6.07) is 0. The molecular weight excluding hydrogens is 242 g/mol. The van der Waals surface area contributed by atoms with Crippen LogP contribution < -0.4 is 0 Å². The van der Waals surface area contributed by atoms with Crippen LogP contribution in [0.15, 0.2) is 0 Å². The molecule has 1 saturated heterocycles. The fourth-order valence-corrected chi connectivity index (χ4v) is 3.22. The van der Waals surface area contributed by atoms with Gasteiger partial charge < -0.3 is 9.84 Å². The monoisotopic (exact) mass is 265 g/mol. The van der Waals surface area contributed by atoms with Crippen molar-refractivity contribution in [2.75, 3.05) is 33.1 Å². The number of ether oxygens (including phenoxy) is 1. The molecule has 1 fully saturated rings. The first kappa shape index (κ1) is 14.9. The first-order chi connectivity index (χ1) is 7.93. The van der Waals surface area contributed by atoms with Crippen LogP contribution >= 0.6 is 0 Å². The molecule has 0 aromatic rings. The van der Waals surface area contributed by atoms with E-state index in [2.05, 4.69) is 0 Å². The lowest BCUT2D eigenvalue weighted by atomic mass is 9.92. The van der Waals surface area contributed by atoms with Gasteiger partial charge >= 0.3 is 0 Å². The largest absolute Gasteiger partial charge is 0.393 e. The highest BCUT2D eigenvalue weighted by Crippen LogP contribution is 2.23. The van der Waals surface area contributed by atoms with Crippen molar-refractivity contribution in [2.45, 2.75) is 31.8 Å². The Balaban J connectivity index is 2.39. The maximum atomic E-state index is 11.4. The van der Waals surface area contributed by atoms with E-state index in [0.29, 0.717) is 32.5 Å². The fraction of sp³-hybridized carbons (Fsp3) is 1.00. The van der Waals surface area contributed by atoms with Gasteiger partial charge in [0.05, 0.1) is 12.4 Å². The van der Waals surface area contributed by atoms with Crippen molar-refractivity contribution >= 4 is 10.0 Å². The summed E-state index contributed by atoms with van der Waals surface area (Å²) >= 11 is 0. The molecule has 6 heteroatoms. The predicted octanol–water partition coefficient (Wildman–Crippen LogP) is 0.446. The molecule has 5 nitrogen and oxygen atoms in total. The predicted molar refractivity (Wildman–Crippen MR) is 66.3 cm³/mol. The van der Waals surface area contributed by atoms with Crippen molar-refractivity contribution in [1.29, 1.82) is 0 Å². The normalized spacial score (nSPS) is 24.8. The quantitative estimate of drug-likeness (QED) is 0.757. The molecule has 1 aliphatic rings. The van der Waals surface area contributed by atoms with Gasteiger partial charge in [0, 0.05) is 26.8 Å². The average Bonchev–Trinajstić information content (AvgIpc) is 2.25. The van der Waals surface area contributed by atoms with Gasteiger partial charge in [0.2, 0.25) is 10.0 Å². The summed E-state index contributed by atoms with van der Waals surface area (Å²) < 4.78 is 29.3. The molecule has 1 N–H and O–H groups in total. The molecule has 0 saturated carbocycles. The Morgan fingerprint density at radius 1 is 1.53 bits per heavy atom. The lowest BCUT2D eigenvalue weighted by molar-refractivity contribution is 0.0815. The van der Waals surface area contributed by atoms with E-state index in [4.69, 9.17) is 4.74 Å². The first-order valence-corrected chi connectivity index (χ1v) is 7.90. The van der Waals surface area contributed by atoms with E-state index in [9.17, 15) is 13.5 Å².